The molecule has 0 amide bonds. The summed E-state index contributed by atoms with van der Waals surface area (Å²) >= 11 is 0. The molecule has 0 heterocycles. The van der Waals surface area contributed by atoms with Crippen LogP contribution >= 0.6 is 0 Å². The van der Waals surface area contributed by atoms with E-state index in [1.54, 1.807) is 6.92 Å². The molecular weight excluding hydrogens is 301 g/mol. The van der Waals surface area contributed by atoms with Crippen LogP contribution in [0.2, 0.25) is 0 Å². The minimum Gasteiger partial charge on any atom is -0.466 e. The van der Waals surface area contributed by atoms with Crippen LogP contribution in [0.3, 0.4) is 0 Å². The maximum Gasteiger partial charge on any atom is 0.511 e. The van der Waals surface area contributed by atoms with Crippen molar-refractivity contribution in [2.24, 2.45) is 11.7 Å². The number of rotatable bonds is 4. The molecule has 0 aliphatic heterocycles. The largest absolute Gasteiger partial charge is 0.511 e. The van der Waals surface area contributed by atoms with Crippen LogP contribution < -0.4 is 10.5 Å². The Morgan fingerprint density at radius 2 is 2.00 bits per heavy atom. The summed E-state index contributed by atoms with van der Waals surface area (Å²) in [5.74, 6) is -1.19. The van der Waals surface area contributed by atoms with Crippen molar-refractivity contribution in [2.45, 2.75) is 43.8 Å². The third-order valence-corrected chi connectivity index (χ3v) is 4.36. The van der Waals surface area contributed by atoms with Gasteiger partial charge in [0.25, 0.3) is 0 Å². The first-order chi connectivity index (χ1) is 9.08. The molecule has 1 saturated carbocycles. The molecule has 0 aromatic rings. The second-order valence-corrected chi connectivity index (χ2v) is 6.30. The lowest BCUT2D eigenvalue weighted by atomic mass is 9.83. The smallest absolute Gasteiger partial charge is 0.466 e. The minimum atomic E-state index is -5.47. The molecule has 1 aliphatic rings. The Hall–Kier alpha value is -0.870. The number of alkyl halides is 3. The molecule has 0 unspecified atom stereocenters. The van der Waals surface area contributed by atoms with Crippen LogP contribution in [-0.2, 0) is 19.6 Å². The summed E-state index contributed by atoms with van der Waals surface area (Å²) in [5, 5.41) is 0. The maximum atomic E-state index is 12.3. The van der Waals surface area contributed by atoms with E-state index in [-0.39, 0.29) is 19.4 Å². The second kappa shape index (κ2) is 6.27. The normalized spacial score (nSPS) is 28.1. The summed E-state index contributed by atoms with van der Waals surface area (Å²) in [4.78, 5) is 11.6. The predicted molar refractivity (Wildman–Crippen MR) is 63.8 cm³/mol. The van der Waals surface area contributed by atoms with Crippen molar-refractivity contribution in [1.82, 2.24) is 4.72 Å². The van der Waals surface area contributed by atoms with E-state index in [0.717, 1.165) is 0 Å². The highest BCUT2D eigenvalue weighted by Crippen LogP contribution is 2.28. The van der Waals surface area contributed by atoms with Gasteiger partial charge in [0.2, 0.25) is 0 Å². The highest BCUT2D eigenvalue weighted by Gasteiger charge is 2.48. The molecule has 0 bridgehead atoms. The van der Waals surface area contributed by atoms with Crippen molar-refractivity contribution in [3.63, 3.8) is 0 Å². The number of carbonyl (C=O) groups excluding carboxylic acids is 1. The van der Waals surface area contributed by atoms with E-state index < -0.39 is 39.5 Å². The summed E-state index contributed by atoms with van der Waals surface area (Å²) in [6, 6.07) is -1.90. The predicted octanol–water partition coefficient (Wildman–Crippen LogP) is 0.485. The van der Waals surface area contributed by atoms with E-state index in [1.807, 2.05) is 0 Å². The van der Waals surface area contributed by atoms with E-state index in [2.05, 4.69) is 0 Å². The second-order valence-electron chi connectivity index (χ2n) is 4.60. The van der Waals surface area contributed by atoms with Crippen LogP contribution in [0.1, 0.15) is 26.2 Å². The zero-order chi connectivity index (χ0) is 15.6. The average molecular weight is 318 g/mol. The van der Waals surface area contributed by atoms with Gasteiger partial charge in [0.05, 0.1) is 12.5 Å². The molecule has 20 heavy (non-hydrogen) atoms. The lowest BCUT2D eigenvalue weighted by molar-refractivity contribution is -0.149. The number of hydrogen-bond acceptors (Lipinski definition) is 5. The molecule has 0 spiro atoms. The van der Waals surface area contributed by atoms with Gasteiger partial charge in [-0.2, -0.15) is 13.2 Å². The van der Waals surface area contributed by atoms with Crippen molar-refractivity contribution in [2.75, 3.05) is 6.61 Å². The SMILES string of the molecule is CCOC(=O)[C@@H]1CC[C@@H](N)[C@@H](NS(=O)(=O)C(F)(F)F)C1. The number of ether oxygens (including phenoxy) is 1. The van der Waals surface area contributed by atoms with E-state index in [0.29, 0.717) is 6.42 Å². The molecule has 1 rings (SSSR count). The molecule has 0 aromatic carbocycles. The van der Waals surface area contributed by atoms with Crippen LogP contribution in [0.15, 0.2) is 0 Å². The first kappa shape index (κ1) is 17.2. The topological polar surface area (TPSA) is 98.5 Å². The van der Waals surface area contributed by atoms with Gasteiger partial charge in [-0.1, -0.05) is 0 Å². The van der Waals surface area contributed by atoms with Crippen LogP contribution in [0.4, 0.5) is 13.2 Å². The highest BCUT2D eigenvalue weighted by atomic mass is 32.2. The molecule has 1 fully saturated rings. The van der Waals surface area contributed by atoms with Crippen molar-refractivity contribution in [1.29, 1.82) is 0 Å². The first-order valence-electron chi connectivity index (χ1n) is 6.09. The quantitative estimate of drug-likeness (QED) is 0.735. The third-order valence-electron chi connectivity index (χ3n) is 3.13. The summed E-state index contributed by atoms with van der Waals surface area (Å²) in [7, 11) is -5.47. The van der Waals surface area contributed by atoms with Gasteiger partial charge in [-0.15, -0.1) is 0 Å². The molecule has 6 nitrogen and oxygen atoms in total. The molecule has 3 N–H and O–H groups in total. The molecule has 118 valence electrons. The Morgan fingerprint density at radius 3 is 2.50 bits per heavy atom. The van der Waals surface area contributed by atoms with E-state index in [1.165, 1.54) is 4.72 Å². The lowest BCUT2D eigenvalue weighted by Gasteiger charge is -2.33. The molecule has 0 radical (unpaired) electrons. The molecule has 0 aromatic heterocycles. The van der Waals surface area contributed by atoms with Gasteiger partial charge in [-0.05, 0) is 26.2 Å². The molecule has 0 saturated heterocycles. The number of nitrogens with two attached hydrogens (primary N) is 1. The molecule has 1 aliphatic carbocycles. The monoisotopic (exact) mass is 318 g/mol. The summed E-state index contributed by atoms with van der Waals surface area (Å²) in [6.45, 7) is 1.76. The standard InChI is InChI=1S/C10H17F3N2O4S/c1-2-19-9(16)6-3-4-7(14)8(5-6)15-20(17,18)10(11,12)13/h6-8,15H,2-5,14H2,1H3/t6-,7-,8+/m1/s1. The van der Waals surface area contributed by atoms with Crippen LogP contribution in [0.5, 0.6) is 0 Å². The number of carbonyl (C=O) groups is 1. The van der Waals surface area contributed by atoms with Gasteiger partial charge in [-0.25, -0.2) is 13.1 Å². The van der Waals surface area contributed by atoms with Gasteiger partial charge >= 0.3 is 21.5 Å². The molecular formula is C10H17F3N2O4S. The fraction of sp³-hybridized carbons (Fsp3) is 0.900. The lowest BCUT2D eigenvalue weighted by Crippen LogP contribution is -2.54. The third kappa shape index (κ3) is 4.06. The number of nitrogens with one attached hydrogen (secondary N) is 1. The Morgan fingerprint density at radius 1 is 1.40 bits per heavy atom. The Labute approximate surface area is 114 Å². The Kier molecular flexibility index (Phi) is 5.39. The van der Waals surface area contributed by atoms with E-state index in [4.69, 9.17) is 10.5 Å². The Bertz CT molecular complexity index is 452. The van der Waals surface area contributed by atoms with Gasteiger partial charge in [-0.3, -0.25) is 4.79 Å². The van der Waals surface area contributed by atoms with E-state index in [9.17, 15) is 26.4 Å². The van der Waals surface area contributed by atoms with Crippen LogP contribution in [0, 0.1) is 5.92 Å². The van der Waals surface area contributed by atoms with Gasteiger partial charge in [0.1, 0.15) is 0 Å². The van der Waals surface area contributed by atoms with Crippen molar-refractivity contribution < 1.29 is 31.1 Å². The van der Waals surface area contributed by atoms with Crippen molar-refractivity contribution >= 4 is 16.0 Å². The molecule has 3 atom stereocenters. The summed E-state index contributed by atoms with van der Waals surface area (Å²) in [6.07, 6.45) is 0.508. The Balaban J connectivity index is 2.76. The van der Waals surface area contributed by atoms with Gasteiger partial charge < -0.3 is 10.5 Å². The number of sulfonamides is 1. The number of halogens is 3. The number of esters is 1. The van der Waals surface area contributed by atoms with E-state index >= 15 is 0 Å². The average Bonchev–Trinajstić information content (AvgIpc) is 2.30. The van der Waals surface area contributed by atoms with Gasteiger partial charge in [0.15, 0.2) is 0 Å². The maximum absolute atomic E-state index is 12.3. The number of hydrogen-bond donors (Lipinski definition) is 2. The summed E-state index contributed by atoms with van der Waals surface area (Å²) < 4.78 is 65.4. The van der Waals surface area contributed by atoms with Crippen molar-refractivity contribution in [3.05, 3.63) is 0 Å². The molecule has 10 heteroatoms. The minimum absolute atomic E-state index is 0.102. The van der Waals surface area contributed by atoms with Crippen LogP contribution in [-0.4, -0.2) is 38.6 Å². The van der Waals surface area contributed by atoms with Crippen LogP contribution in [0.25, 0.3) is 0 Å². The highest BCUT2D eigenvalue weighted by molar-refractivity contribution is 7.90. The zero-order valence-electron chi connectivity index (χ0n) is 10.8. The zero-order valence-corrected chi connectivity index (χ0v) is 11.6. The summed E-state index contributed by atoms with van der Waals surface area (Å²) in [5.41, 5.74) is 0.220. The fourth-order valence-corrected chi connectivity index (χ4v) is 2.87. The fourth-order valence-electron chi connectivity index (χ4n) is 2.07. The van der Waals surface area contributed by atoms with Crippen molar-refractivity contribution in [3.8, 4) is 0 Å². The first-order valence-corrected chi connectivity index (χ1v) is 7.57. The van der Waals surface area contributed by atoms with Gasteiger partial charge in [0, 0.05) is 12.1 Å².